The molecule has 0 aliphatic heterocycles. The number of methoxy groups -OCH3 is 1. The van der Waals surface area contributed by atoms with E-state index in [1.54, 1.807) is 6.92 Å². The Hall–Kier alpha value is -1.16. The van der Waals surface area contributed by atoms with Crippen molar-refractivity contribution < 1.29 is 13.5 Å². The van der Waals surface area contributed by atoms with Crippen LogP contribution in [-0.2, 0) is 5.41 Å². The second kappa shape index (κ2) is 3.70. The minimum absolute atomic E-state index is 0.0725. The predicted molar refractivity (Wildman–Crippen MR) is 57.5 cm³/mol. The average molecular weight is 227 g/mol. The third-order valence-electron chi connectivity index (χ3n) is 3.43. The first-order valence-electron chi connectivity index (χ1n) is 5.31. The minimum atomic E-state index is -0.614. The summed E-state index contributed by atoms with van der Waals surface area (Å²) < 4.78 is 32.6. The van der Waals surface area contributed by atoms with Crippen LogP contribution in [0.3, 0.4) is 0 Å². The average Bonchev–Trinajstić information content (AvgIpc) is 2.99. The lowest BCUT2D eigenvalue weighted by Crippen LogP contribution is -2.33. The monoisotopic (exact) mass is 227 g/mol. The minimum Gasteiger partial charge on any atom is -0.494 e. The van der Waals surface area contributed by atoms with Crippen molar-refractivity contribution in [1.82, 2.24) is 0 Å². The molecule has 0 spiro atoms. The second-order valence-corrected chi connectivity index (χ2v) is 4.38. The van der Waals surface area contributed by atoms with E-state index < -0.39 is 17.0 Å². The van der Waals surface area contributed by atoms with E-state index in [0.29, 0.717) is 0 Å². The zero-order chi connectivity index (χ0) is 11.9. The zero-order valence-corrected chi connectivity index (χ0v) is 9.39. The predicted octanol–water partition coefficient (Wildman–Crippen LogP) is 2.35. The van der Waals surface area contributed by atoms with Crippen LogP contribution in [0.25, 0.3) is 0 Å². The highest BCUT2D eigenvalue weighted by Crippen LogP contribution is 2.52. The molecule has 1 aromatic carbocycles. The highest BCUT2D eigenvalue weighted by molar-refractivity contribution is 5.41. The first-order chi connectivity index (χ1) is 7.53. The SMILES string of the molecule is COc1ccc(F)c(C2(C(C)N)CC2)c1F. The van der Waals surface area contributed by atoms with Crippen LogP contribution in [-0.4, -0.2) is 13.2 Å². The number of halogens is 2. The maximum atomic E-state index is 14.0. The Morgan fingerprint density at radius 1 is 1.38 bits per heavy atom. The summed E-state index contributed by atoms with van der Waals surface area (Å²) in [4.78, 5) is 0. The molecule has 0 saturated heterocycles. The Bertz CT molecular complexity index is 414. The van der Waals surface area contributed by atoms with Gasteiger partial charge in [0.2, 0.25) is 0 Å². The van der Waals surface area contributed by atoms with Gasteiger partial charge in [0.15, 0.2) is 11.6 Å². The lowest BCUT2D eigenvalue weighted by Gasteiger charge is -2.22. The van der Waals surface area contributed by atoms with Gasteiger partial charge in [0, 0.05) is 17.0 Å². The van der Waals surface area contributed by atoms with E-state index in [9.17, 15) is 8.78 Å². The molecule has 2 N–H and O–H groups in total. The molecule has 0 bridgehead atoms. The molecule has 0 amide bonds. The summed E-state index contributed by atoms with van der Waals surface area (Å²) in [6.07, 6.45) is 1.46. The number of hydrogen-bond acceptors (Lipinski definition) is 2. The lowest BCUT2D eigenvalue weighted by atomic mass is 9.88. The van der Waals surface area contributed by atoms with E-state index in [0.717, 1.165) is 12.8 Å². The van der Waals surface area contributed by atoms with Gasteiger partial charge in [-0.05, 0) is 31.9 Å². The Kier molecular flexibility index (Phi) is 2.62. The Balaban J connectivity index is 2.56. The third-order valence-corrected chi connectivity index (χ3v) is 3.43. The van der Waals surface area contributed by atoms with E-state index in [1.165, 1.54) is 19.2 Å². The summed E-state index contributed by atoms with van der Waals surface area (Å²) in [7, 11) is 1.37. The second-order valence-electron chi connectivity index (χ2n) is 4.38. The van der Waals surface area contributed by atoms with Crippen molar-refractivity contribution in [3.63, 3.8) is 0 Å². The Morgan fingerprint density at radius 3 is 2.44 bits per heavy atom. The van der Waals surface area contributed by atoms with Crippen LogP contribution >= 0.6 is 0 Å². The van der Waals surface area contributed by atoms with Gasteiger partial charge < -0.3 is 10.5 Å². The van der Waals surface area contributed by atoms with Gasteiger partial charge in [-0.1, -0.05) is 0 Å². The number of benzene rings is 1. The maximum Gasteiger partial charge on any atom is 0.171 e. The summed E-state index contributed by atoms with van der Waals surface area (Å²) in [5.74, 6) is -1.08. The molecule has 1 aliphatic rings. The molecule has 1 unspecified atom stereocenters. The van der Waals surface area contributed by atoms with E-state index >= 15 is 0 Å². The van der Waals surface area contributed by atoms with Crippen molar-refractivity contribution in [2.45, 2.75) is 31.2 Å². The molecule has 2 nitrogen and oxygen atoms in total. The van der Waals surface area contributed by atoms with Gasteiger partial charge in [0.05, 0.1) is 7.11 Å². The topological polar surface area (TPSA) is 35.2 Å². The molecule has 1 aromatic rings. The highest BCUT2D eigenvalue weighted by Gasteiger charge is 2.51. The van der Waals surface area contributed by atoms with Gasteiger partial charge in [-0.25, -0.2) is 8.78 Å². The summed E-state index contributed by atoms with van der Waals surface area (Å²) in [6, 6.07) is 2.27. The standard InChI is InChI=1S/C12H15F2NO/c1-7(15)12(5-6-12)10-8(13)3-4-9(16-2)11(10)14/h3-4,7H,5-6,15H2,1-2H3. The summed E-state index contributed by atoms with van der Waals surface area (Å²) in [5.41, 5.74) is 5.37. The molecular weight excluding hydrogens is 212 g/mol. The van der Waals surface area contributed by atoms with Crippen LogP contribution < -0.4 is 10.5 Å². The van der Waals surface area contributed by atoms with Gasteiger partial charge in [-0.2, -0.15) is 0 Å². The van der Waals surface area contributed by atoms with Gasteiger partial charge in [-0.15, -0.1) is 0 Å². The maximum absolute atomic E-state index is 14.0. The number of rotatable bonds is 3. The van der Waals surface area contributed by atoms with Crippen molar-refractivity contribution >= 4 is 0 Å². The summed E-state index contributed by atoms with van der Waals surface area (Å²) in [5, 5.41) is 0. The molecule has 1 atom stereocenters. The molecule has 1 aliphatic carbocycles. The Morgan fingerprint density at radius 2 is 2.00 bits per heavy atom. The third kappa shape index (κ3) is 1.48. The fourth-order valence-corrected chi connectivity index (χ4v) is 2.22. The van der Waals surface area contributed by atoms with Crippen molar-refractivity contribution in [2.75, 3.05) is 7.11 Å². The van der Waals surface area contributed by atoms with Crippen LogP contribution in [0.5, 0.6) is 5.75 Å². The molecule has 4 heteroatoms. The van der Waals surface area contributed by atoms with Crippen LogP contribution in [0.2, 0.25) is 0 Å². The zero-order valence-electron chi connectivity index (χ0n) is 9.39. The van der Waals surface area contributed by atoms with Gasteiger partial charge in [0.25, 0.3) is 0 Å². The molecule has 16 heavy (non-hydrogen) atoms. The lowest BCUT2D eigenvalue weighted by molar-refractivity contribution is 0.372. The van der Waals surface area contributed by atoms with Gasteiger partial charge >= 0.3 is 0 Å². The molecule has 88 valence electrons. The largest absolute Gasteiger partial charge is 0.494 e. The smallest absolute Gasteiger partial charge is 0.171 e. The van der Waals surface area contributed by atoms with E-state index in [2.05, 4.69) is 0 Å². The van der Waals surface area contributed by atoms with Crippen LogP contribution in [0, 0.1) is 11.6 Å². The van der Waals surface area contributed by atoms with E-state index in [-0.39, 0.29) is 17.4 Å². The fraction of sp³-hybridized carbons (Fsp3) is 0.500. The molecule has 0 heterocycles. The van der Waals surface area contributed by atoms with Crippen LogP contribution in [0.15, 0.2) is 12.1 Å². The van der Waals surface area contributed by atoms with Gasteiger partial charge in [0.1, 0.15) is 5.82 Å². The number of nitrogens with two attached hydrogens (primary N) is 1. The summed E-state index contributed by atoms with van der Waals surface area (Å²) in [6.45, 7) is 1.78. The van der Waals surface area contributed by atoms with Crippen molar-refractivity contribution in [1.29, 1.82) is 0 Å². The number of hydrogen-bond donors (Lipinski definition) is 1. The molecular formula is C12H15F2NO. The van der Waals surface area contributed by atoms with Crippen molar-refractivity contribution in [3.8, 4) is 5.75 Å². The normalized spacial score (nSPS) is 19.3. The van der Waals surface area contributed by atoms with Crippen LogP contribution in [0.4, 0.5) is 8.78 Å². The highest BCUT2D eigenvalue weighted by atomic mass is 19.1. The molecule has 1 saturated carbocycles. The molecule has 0 radical (unpaired) electrons. The van der Waals surface area contributed by atoms with E-state index in [4.69, 9.17) is 10.5 Å². The van der Waals surface area contributed by atoms with Crippen LogP contribution in [0.1, 0.15) is 25.3 Å². The quantitative estimate of drug-likeness (QED) is 0.860. The Labute approximate surface area is 93.4 Å². The molecule has 0 aromatic heterocycles. The van der Waals surface area contributed by atoms with Crippen molar-refractivity contribution in [2.24, 2.45) is 5.73 Å². The molecule has 1 fully saturated rings. The first kappa shape index (κ1) is 11.3. The fourth-order valence-electron chi connectivity index (χ4n) is 2.22. The van der Waals surface area contributed by atoms with E-state index in [1.807, 2.05) is 0 Å². The van der Waals surface area contributed by atoms with Gasteiger partial charge in [-0.3, -0.25) is 0 Å². The number of ether oxygens (including phenoxy) is 1. The summed E-state index contributed by atoms with van der Waals surface area (Å²) >= 11 is 0. The molecule has 2 rings (SSSR count). The van der Waals surface area contributed by atoms with Crippen molar-refractivity contribution in [3.05, 3.63) is 29.3 Å². The first-order valence-corrected chi connectivity index (χ1v) is 5.31.